The molecule has 1 nitrogen and oxygen atoms in total. The predicted octanol–water partition coefficient (Wildman–Crippen LogP) is 2.51. The molecule has 0 bridgehead atoms. The first kappa shape index (κ1) is 8.75. The summed E-state index contributed by atoms with van der Waals surface area (Å²) in [5, 5.41) is 0. The summed E-state index contributed by atoms with van der Waals surface area (Å²) in [6, 6.07) is 8.28. The standard InChI is InChI=1S/C9H12BrN/c1-7(6-11)8-2-4-9(10)5-3-8/h2-5,7H,6,11H2,1H3. The van der Waals surface area contributed by atoms with Crippen molar-refractivity contribution in [1.82, 2.24) is 0 Å². The maximum atomic E-state index is 5.53. The molecule has 0 saturated heterocycles. The summed E-state index contributed by atoms with van der Waals surface area (Å²) in [5.74, 6) is 0.461. The highest BCUT2D eigenvalue weighted by molar-refractivity contribution is 9.10. The van der Waals surface area contributed by atoms with Gasteiger partial charge in [-0.15, -0.1) is 0 Å². The Balaban J connectivity index is 2.81. The molecule has 1 unspecified atom stereocenters. The lowest BCUT2D eigenvalue weighted by Gasteiger charge is -2.07. The van der Waals surface area contributed by atoms with Gasteiger partial charge in [0.2, 0.25) is 0 Å². The fourth-order valence-electron chi connectivity index (χ4n) is 0.927. The summed E-state index contributed by atoms with van der Waals surface area (Å²) >= 11 is 3.39. The topological polar surface area (TPSA) is 26.0 Å². The van der Waals surface area contributed by atoms with Gasteiger partial charge in [-0.2, -0.15) is 0 Å². The van der Waals surface area contributed by atoms with Crippen molar-refractivity contribution in [3.63, 3.8) is 0 Å². The van der Waals surface area contributed by atoms with Crippen molar-refractivity contribution < 1.29 is 0 Å². The van der Waals surface area contributed by atoms with Crippen LogP contribution < -0.4 is 5.73 Å². The second-order valence-electron chi connectivity index (χ2n) is 2.69. The van der Waals surface area contributed by atoms with Crippen molar-refractivity contribution >= 4 is 15.9 Å². The van der Waals surface area contributed by atoms with Crippen molar-refractivity contribution in [2.75, 3.05) is 6.54 Å². The summed E-state index contributed by atoms with van der Waals surface area (Å²) in [5.41, 5.74) is 6.83. The van der Waals surface area contributed by atoms with E-state index in [2.05, 4.69) is 35.0 Å². The van der Waals surface area contributed by atoms with E-state index >= 15 is 0 Å². The zero-order valence-corrected chi connectivity index (χ0v) is 8.14. The minimum atomic E-state index is 0.461. The second kappa shape index (κ2) is 3.88. The van der Waals surface area contributed by atoms with Crippen LogP contribution in [0.5, 0.6) is 0 Å². The van der Waals surface area contributed by atoms with Crippen LogP contribution in [0.1, 0.15) is 18.4 Å². The van der Waals surface area contributed by atoms with Crippen LogP contribution in [0, 0.1) is 0 Å². The quantitative estimate of drug-likeness (QED) is 0.804. The SMILES string of the molecule is CC(CN)c1ccc(Br)cc1. The molecule has 0 aliphatic rings. The molecule has 0 radical (unpaired) electrons. The molecule has 0 heterocycles. The third-order valence-electron chi connectivity index (χ3n) is 1.79. The van der Waals surface area contributed by atoms with E-state index in [1.54, 1.807) is 0 Å². The molecule has 0 aromatic heterocycles. The Labute approximate surface area is 75.7 Å². The molecule has 1 aromatic carbocycles. The summed E-state index contributed by atoms with van der Waals surface area (Å²) in [6.45, 7) is 2.84. The molecule has 2 heteroatoms. The molecule has 0 spiro atoms. The van der Waals surface area contributed by atoms with Crippen LogP contribution in [0.4, 0.5) is 0 Å². The van der Waals surface area contributed by atoms with Crippen LogP contribution in [0.3, 0.4) is 0 Å². The summed E-state index contributed by atoms with van der Waals surface area (Å²) < 4.78 is 1.12. The lowest BCUT2D eigenvalue weighted by Crippen LogP contribution is -2.08. The third-order valence-corrected chi connectivity index (χ3v) is 2.32. The molecule has 0 saturated carbocycles. The number of rotatable bonds is 2. The van der Waals surface area contributed by atoms with Gasteiger partial charge in [0.1, 0.15) is 0 Å². The fourth-order valence-corrected chi connectivity index (χ4v) is 1.19. The van der Waals surface area contributed by atoms with Gasteiger partial charge in [0.05, 0.1) is 0 Å². The highest BCUT2D eigenvalue weighted by Gasteiger charge is 2.00. The van der Waals surface area contributed by atoms with Gasteiger partial charge in [0.15, 0.2) is 0 Å². The second-order valence-corrected chi connectivity index (χ2v) is 3.60. The molecule has 0 aliphatic heterocycles. The Kier molecular flexibility index (Phi) is 3.09. The van der Waals surface area contributed by atoms with Crippen molar-refractivity contribution in [2.45, 2.75) is 12.8 Å². The molecular formula is C9H12BrN. The first-order valence-electron chi connectivity index (χ1n) is 3.69. The summed E-state index contributed by atoms with van der Waals surface area (Å²) in [7, 11) is 0. The van der Waals surface area contributed by atoms with Crippen molar-refractivity contribution in [3.05, 3.63) is 34.3 Å². The van der Waals surface area contributed by atoms with Gasteiger partial charge in [-0.25, -0.2) is 0 Å². The summed E-state index contributed by atoms with van der Waals surface area (Å²) in [4.78, 5) is 0. The van der Waals surface area contributed by atoms with Gasteiger partial charge >= 0.3 is 0 Å². The Bertz CT molecular complexity index is 218. The Morgan fingerprint density at radius 1 is 1.36 bits per heavy atom. The Morgan fingerprint density at radius 3 is 2.36 bits per heavy atom. The number of hydrogen-bond donors (Lipinski definition) is 1. The van der Waals surface area contributed by atoms with E-state index in [0.29, 0.717) is 12.5 Å². The van der Waals surface area contributed by atoms with Gasteiger partial charge in [0, 0.05) is 4.47 Å². The minimum Gasteiger partial charge on any atom is -0.330 e. The van der Waals surface area contributed by atoms with Gasteiger partial charge in [-0.1, -0.05) is 35.0 Å². The first-order chi connectivity index (χ1) is 5.24. The molecule has 1 atom stereocenters. The smallest absolute Gasteiger partial charge is 0.0175 e. The van der Waals surface area contributed by atoms with Crippen LogP contribution in [0.15, 0.2) is 28.7 Å². The molecule has 1 rings (SSSR count). The lowest BCUT2D eigenvalue weighted by molar-refractivity contribution is 0.774. The molecule has 2 N–H and O–H groups in total. The van der Waals surface area contributed by atoms with E-state index in [4.69, 9.17) is 5.73 Å². The molecule has 0 fully saturated rings. The monoisotopic (exact) mass is 213 g/mol. The molecular weight excluding hydrogens is 202 g/mol. The van der Waals surface area contributed by atoms with Crippen molar-refractivity contribution in [3.8, 4) is 0 Å². The zero-order chi connectivity index (χ0) is 8.27. The van der Waals surface area contributed by atoms with Gasteiger partial charge in [-0.05, 0) is 30.2 Å². The van der Waals surface area contributed by atoms with Gasteiger partial charge in [-0.3, -0.25) is 0 Å². The maximum Gasteiger partial charge on any atom is 0.0175 e. The van der Waals surface area contributed by atoms with Crippen molar-refractivity contribution in [1.29, 1.82) is 0 Å². The van der Waals surface area contributed by atoms with Crippen LogP contribution in [-0.4, -0.2) is 6.54 Å². The molecule has 11 heavy (non-hydrogen) atoms. The average Bonchev–Trinajstić information content (AvgIpc) is 2.05. The van der Waals surface area contributed by atoms with Gasteiger partial charge in [0.25, 0.3) is 0 Å². The van der Waals surface area contributed by atoms with Crippen LogP contribution in [0.2, 0.25) is 0 Å². The molecule has 60 valence electrons. The third kappa shape index (κ3) is 2.31. The van der Waals surface area contributed by atoms with E-state index in [-0.39, 0.29) is 0 Å². The fraction of sp³-hybridized carbons (Fsp3) is 0.333. The maximum absolute atomic E-state index is 5.53. The minimum absolute atomic E-state index is 0.461. The highest BCUT2D eigenvalue weighted by atomic mass is 79.9. The summed E-state index contributed by atoms with van der Waals surface area (Å²) in [6.07, 6.45) is 0. The Hall–Kier alpha value is -0.340. The number of halogens is 1. The van der Waals surface area contributed by atoms with E-state index in [1.807, 2.05) is 12.1 Å². The van der Waals surface area contributed by atoms with Gasteiger partial charge < -0.3 is 5.73 Å². The van der Waals surface area contributed by atoms with Crippen molar-refractivity contribution in [2.24, 2.45) is 5.73 Å². The predicted molar refractivity (Wildman–Crippen MR) is 51.6 cm³/mol. The van der Waals surface area contributed by atoms with E-state index in [1.165, 1.54) is 5.56 Å². The van der Waals surface area contributed by atoms with E-state index < -0.39 is 0 Å². The van der Waals surface area contributed by atoms with Crippen LogP contribution in [0.25, 0.3) is 0 Å². The normalized spacial score (nSPS) is 13.0. The largest absolute Gasteiger partial charge is 0.330 e. The Morgan fingerprint density at radius 2 is 1.91 bits per heavy atom. The number of hydrogen-bond acceptors (Lipinski definition) is 1. The van der Waals surface area contributed by atoms with E-state index in [9.17, 15) is 0 Å². The number of nitrogens with two attached hydrogens (primary N) is 1. The average molecular weight is 214 g/mol. The zero-order valence-electron chi connectivity index (χ0n) is 6.55. The molecule has 1 aromatic rings. The highest BCUT2D eigenvalue weighted by Crippen LogP contribution is 2.16. The molecule has 0 amide bonds. The van der Waals surface area contributed by atoms with Crippen LogP contribution >= 0.6 is 15.9 Å². The number of benzene rings is 1. The van der Waals surface area contributed by atoms with Crippen LogP contribution in [-0.2, 0) is 0 Å². The first-order valence-corrected chi connectivity index (χ1v) is 4.49. The van der Waals surface area contributed by atoms with E-state index in [0.717, 1.165) is 4.47 Å². The lowest BCUT2D eigenvalue weighted by atomic mass is 10.0. The molecule has 0 aliphatic carbocycles.